The Morgan fingerprint density at radius 1 is 1.03 bits per heavy atom. The minimum Gasteiger partial charge on any atom is -0.508 e. The topological polar surface area (TPSA) is 143 Å². The Bertz CT molecular complexity index is 965. The molecule has 2 aliphatic rings. The first-order valence-corrected chi connectivity index (χ1v) is 10.1. The predicted octanol–water partition coefficient (Wildman–Crippen LogP) is 0.399. The summed E-state index contributed by atoms with van der Waals surface area (Å²) in [4.78, 5) is 13.4. The van der Waals surface area contributed by atoms with Crippen LogP contribution in [0.2, 0.25) is 0 Å². The minimum atomic E-state index is -0.455. The maximum Gasteiger partial charge on any atom is 0.199 e. The molecule has 1 atom stereocenters. The van der Waals surface area contributed by atoms with Gasteiger partial charge in [0.25, 0.3) is 0 Å². The van der Waals surface area contributed by atoms with Gasteiger partial charge in [0, 0.05) is 43.0 Å². The Balaban J connectivity index is 1.78. The molecule has 9 nitrogen and oxygen atoms in total. The number of anilines is 2. The summed E-state index contributed by atoms with van der Waals surface area (Å²) < 4.78 is 0. The molecule has 1 unspecified atom stereocenters. The van der Waals surface area contributed by atoms with E-state index in [1.54, 1.807) is 0 Å². The number of aromatic hydroxyl groups is 2. The van der Waals surface area contributed by atoms with Crippen LogP contribution in [0.15, 0.2) is 24.3 Å². The standard InChI is InChI=1S/C21H27N5O4/c22-6-1-7-24-12-2-3-13-17-16(12)21(30)19-15(29)5-4-14(28)18(19)20(17)25-26(13)10-8-23-9-11-27/h2-5,20,23-25,27-29H,1,6-11,22H2. The number of carbonyl (C=O) groups is 1. The van der Waals surface area contributed by atoms with Crippen LogP contribution in [0, 0.1) is 0 Å². The molecule has 0 spiro atoms. The molecular formula is C21H27N5O4. The van der Waals surface area contributed by atoms with Crippen LogP contribution in [0.25, 0.3) is 0 Å². The van der Waals surface area contributed by atoms with Gasteiger partial charge in [-0.1, -0.05) is 0 Å². The van der Waals surface area contributed by atoms with Crippen molar-refractivity contribution >= 4 is 17.2 Å². The zero-order chi connectivity index (χ0) is 21.3. The van der Waals surface area contributed by atoms with E-state index in [4.69, 9.17) is 10.8 Å². The van der Waals surface area contributed by atoms with E-state index in [1.807, 2.05) is 17.1 Å². The number of hydrazine groups is 1. The summed E-state index contributed by atoms with van der Waals surface area (Å²) in [6.45, 7) is 2.93. The van der Waals surface area contributed by atoms with Crippen LogP contribution in [0.4, 0.5) is 11.4 Å². The summed E-state index contributed by atoms with van der Waals surface area (Å²) in [5.74, 6) is -0.502. The van der Waals surface area contributed by atoms with E-state index < -0.39 is 6.04 Å². The van der Waals surface area contributed by atoms with Gasteiger partial charge in [-0.2, -0.15) is 0 Å². The number of benzene rings is 2. The highest BCUT2D eigenvalue weighted by Gasteiger charge is 2.43. The number of ketones is 1. The molecule has 30 heavy (non-hydrogen) atoms. The summed E-state index contributed by atoms with van der Waals surface area (Å²) in [6.07, 6.45) is 0.762. The van der Waals surface area contributed by atoms with Crippen LogP contribution < -0.4 is 26.8 Å². The van der Waals surface area contributed by atoms with Gasteiger partial charge in [0.1, 0.15) is 11.5 Å². The van der Waals surface area contributed by atoms with Gasteiger partial charge in [0.05, 0.1) is 29.5 Å². The number of carbonyl (C=O) groups excluding carboxylic acids is 1. The largest absolute Gasteiger partial charge is 0.508 e. The molecule has 9 heteroatoms. The van der Waals surface area contributed by atoms with Gasteiger partial charge >= 0.3 is 0 Å². The lowest BCUT2D eigenvalue weighted by atomic mass is 9.80. The molecule has 8 N–H and O–H groups in total. The van der Waals surface area contributed by atoms with Gasteiger partial charge in [0.2, 0.25) is 0 Å². The molecule has 1 aliphatic carbocycles. The van der Waals surface area contributed by atoms with Crippen molar-refractivity contribution in [3.63, 3.8) is 0 Å². The molecule has 1 aliphatic heterocycles. The van der Waals surface area contributed by atoms with E-state index in [1.165, 1.54) is 12.1 Å². The van der Waals surface area contributed by atoms with Crippen LogP contribution in [0.5, 0.6) is 11.5 Å². The molecule has 0 bridgehead atoms. The van der Waals surface area contributed by atoms with Gasteiger partial charge in [-0.3, -0.25) is 4.79 Å². The average Bonchev–Trinajstić information content (AvgIpc) is 3.10. The SMILES string of the molecule is NCCCNc1ccc2c3c1C(=O)c1c(O)ccc(O)c1C3NN2CCNCCO. The van der Waals surface area contributed by atoms with Crippen molar-refractivity contribution in [2.45, 2.75) is 12.5 Å². The van der Waals surface area contributed by atoms with E-state index in [-0.39, 0.29) is 29.5 Å². The first-order chi connectivity index (χ1) is 14.6. The van der Waals surface area contributed by atoms with Crippen molar-refractivity contribution in [1.29, 1.82) is 0 Å². The number of rotatable bonds is 9. The molecular weight excluding hydrogens is 386 g/mol. The third kappa shape index (κ3) is 3.35. The monoisotopic (exact) mass is 413 g/mol. The summed E-state index contributed by atoms with van der Waals surface area (Å²) in [5.41, 5.74) is 12.3. The lowest BCUT2D eigenvalue weighted by molar-refractivity contribution is 0.103. The molecule has 0 saturated heterocycles. The fourth-order valence-electron chi connectivity index (χ4n) is 4.18. The molecule has 4 rings (SSSR count). The number of phenolic OH excluding ortho intramolecular Hbond substituents is 2. The second-order valence-corrected chi connectivity index (χ2v) is 7.40. The molecule has 2 aromatic rings. The Kier molecular flexibility index (Phi) is 5.78. The first-order valence-electron chi connectivity index (χ1n) is 10.1. The number of phenols is 2. The number of aliphatic hydroxyl groups is 1. The van der Waals surface area contributed by atoms with Crippen LogP contribution in [0.1, 0.15) is 39.5 Å². The first kappa shape index (κ1) is 20.4. The summed E-state index contributed by atoms with van der Waals surface area (Å²) in [5, 5.41) is 38.3. The molecule has 0 saturated carbocycles. The number of hydrogen-bond donors (Lipinski definition) is 7. The second kappa shape index (κ2) is 8.49. The van der Waals surface area contributed by atoms with Gasteiger partial charge in [-0.05, 0) is 37.2 Å². The van der Waals surface area contributed by atoms with Crippen molar-refractivity contribution in [2.75, 3.05) is 49.7 Å². The molecule has 1 heterocycles. The highest BCUT2D eigenvalue weighted by atomic mass is 16.3. The molecule has 2 aromatic carbocycles. The number of nitrogens with one attached hydrogen (secondary N) is 3. The highest BCUT2D eigenvalue weighted by molar-refractivity contribution is 6.18. The van der Waals surface area contributed by atoms with Crippen molar-refractivity contribution in [3.05, 3.63) is 46.5 Å². The fraction of sp³-hybridized carbons (Fsp3) is 0.381. The van der Waals surface area contributed by atoms with Gasteiger partial charge < -0.3 is 36.7 Å². The van der Waals surface area contributed by atoms with Crippen molar-refractivity contribution in [1.82, 2.24) is 10.7 Å². The molecule has 0 amide bonds. The van der Waals surface area contributed by atoms with E-state index in [2.05, 4.69) is 16.1 Å². The third-order valence-corrected chi connectivity index (χ3v) is 5.53. The number of nitrogens with zero attached hydrogens (tertiary/aromatic N) is 1. The van der Waals surface area contributed by atoms with Crippen LogP contribution in [-0.4, -0.2) is 60.4 Å². The predicted molar refractivity (Wildman–Crippen MR) is 114 cm³/mol. The van der Waals surface area contributed by atoms with Gasteiger partial charge in [0.15, 0.2) is 5.78 Å². The van der Waals surface area contributed by atoms with Crippen molar-refractivity contribution in [3.8, 4) is 11.5 Å². The van der Waals surface area contributed by atoms with Crippen LogP contribution in [0.3, 0.4) is 0 Å². The lowest BCUT2D eigenvalue weighted by Gasteiger charge is -2.26. The van der Waals surface area contributed by atoms with E-state index in [9.17, 15) is 15.0 Å². The molecule has 160 valence electrons. The zero-order valence-electron chi connectivity index (χ0n) is 16.6. The van der Waals surface area contributed by atoms with Crippen LogP contribution in [-0.2, 0) is 0 Å². The van der Waals surface area contributed by atoms with Gasteiger partial charge in [-0.25, -0.2) is 5.43 Å². The number of hydrogen-bond acceptors (Lipinski definition) is 9. The van der Waals surface area contributed by atoms with E-state index in [0.29, 0.717) is 49.5 Å². The minimum absolute atomic E-state index is 0.0352. The second-order valence-electron chi connectivity index (χ2n) is 7.40. The molecule has 0 radical (unpaired) electrons. The highest BCUT2D eigenvalue weighted by Crippen LogP contribution is 2.51. The van der Waals surface area contributed by atoms with E-state index in [0.717, 1.165) is 17.7 Å². The Morgan fingerprint density at radius 3 is 2.60 bits per heavy atom. The lowest BCUT2D eigenvalue weighted by Crippen LogP contribution is -2.40. The smallest absolute Gasteiger partial charge is 0.199 e. The van der Waals surface area contributed by atoms with Crippen molar-refractivity contribution < 1.29 is 20.1 Å². The average molecular weight is 413 g/mol. The summed E-state index contributed by atoms with van der Waals surface area (Å²) in [6, 6.07) is 6.10. The number of aliphatic hydroxyl groups excluding tert-OH is 1. The van der Waals surface area contributed by atoms with Crippen LogP contribution >= 0.6 is 0 Å². The molecule has 0 aromatic heterocycles. The summed E-state index contributed by atoms with van der Waals surface area (Å²) >= 11 is 0. The van der Waals surface area contributed by atoms with E-state index >= 15 is 0 Å². The van der Waals surface area contributed by atoms with Crippen molar-refractivity contribution in [2.24, 2.45) is 5.73 Å². The maximum atomic E-state index is 13.4. The maximum absolute atomic E-state index is 13.4. The number of fused-ring (bicyclic) bond motifs is 2. The molecule has 0 fully saturated rings. The quantitative estimate of drug-likeness (QED) is 0.230. The third-order valence-electron chi connectivity index (χ3n) is 5.53. The summed E-state index contributed by atoms with van der Waals surface area (Å²) in [7, 11) is 0. The Morgan fingerprint density at radius 2 is 1.83 bits per heavy atom. The fourth-order valence-corrected chi connectivity index (χ4v) is 4.18. The zero-order valence-corrected chi connectivity index (χ0v) is 16.6. The number of nitrogens with two attached hydrogens (primary N) is 1. The normalized spacial score (nSPS) is 16.5. The van der Waals surface area contributed by atoms with Gasteiger partial charge in [-0.15, -0.1) is 0 Å². The Hall–Kier alpha value is -2.85. The Labute approximate surface area is 174 Å².